The average molecular weight is 319 g/mol. The third-order valence-electron chi connectivity index (χ3n) is 2.72. The lowest BCUT2D eigenvalue weighted by atomic mass is 10.1. The Kier molecular flexibility index (Phi) is 5.60. The second kappa shape index (κ2) is 7.45. The highest BCUT2D eigenvalue weighted by Crippen LogP contribution is 2.18. The molecule has 0 unspecified atom stereocenters. The molecule has 1 aromatic heterocycles. The van der Waals surface area contributed by atoms with E-state index in [1.54, 1.807) is 0 Å². The molecule has 1 amide bonds. The Labute approximate surface area is 134 Å². The molecule has 0 bridgehead atoms. The quantitative estimate of drug-likeness (QED) is 0.829. The van der Waals surface area contributed by atoms with Gasteiger partial charge in [0.15, 0.2) is 0 Å². The van der Waals surface area contributed by atoms with Crippen LogP contribution in [-0.4, -0.2) is 27.4 Å². The standard InChI is InChI=1S/C16H21N3O2S/c1-16(2,3)17-13(20)9-10-22-15-19-18-14(21-15)11-12-7-5-4-6-8-12/h4-8H,9-11H2,1-3H3,(H,17,20). The molecular formula is C16H21N3O2S. The third kappa shape index (κ3) is 5.89. The van der Waals surface area contributed by atoms with Crippen molar-refractivity contribution >= 4 is 17.7 Å². The van der Waals surface area contributed by atoms with E-state index in [9.17, 15) is 4.79 Å². The molecule has 6 heteroatoms. The molecule has 0 atom stereocenters. The van der Waals surface area contributed by atoms with Crippen LogP contribution < -0.4 is 5.32 Å². The van der Waals surface area contributed by atoms with Crippen LogP contribution >= 0.6 is 11.8 Å². The minimum Gasteiger partial charge on any atom is -0.416 e. The minimum absolute atomic E-state index is 0.0315. The van der Waals surface area contributed by atoms with Gasteiger partial charge in [-0.3, -0.25) is 4.79 Å². The van der Waals surface area contributed by atoms with E-state index in [1.807, 2.05) is 51.1 Å². The molecular weight excluding hydrogens is 298 g/mol. The van der Waals surface area contributed by atoms with Gasteiger partial charge in [-0.05, 0) is 26.3 Å². The van der Waals surface area contributed by atoms with Crippen LogP contribution in [0, 0.1) is 0 Å². The van der Waals surface area contributed by atoms with E-state index in [-0.39, 0.29) is 11.4 Å². The van der Waals surface area contributed by atoms with Crippen molar-refractivity contribution in [3.63, 3.8) is 0 Å². The lowest BCUT2D eigenvalue weighted by molar-refractivity contribution is -0.122. The molecule has 0 aliphatic carbocycles. The van der Waals surface area contributed by atoms with Crippen LogP contribution in [0.3, 0.4) is 0 Å². The zero-order valence-electron chi connectivity index (χ0n) is 13.1. The van der Waals surface area contributed by atoms with Gasteiger partial charge in [-0.1, -0.05) is 42.1 Å². The highest BCUT2D eigenvalue weighted by atomic mass is 32.2. The van der Waals surface area contributed by atoms with Gasteiger partial charge in [0.2, 0.25) is 11.8 Å². The van der Waals surface area contributed by atoms with E-state index in [1.165, 1.54) is 11.8 Å². The molecule has 0 saturated heterocycles. The van der Waals surface area contributed by atoms with Crippen LogP contribution in [0.25, 0.3) is 0 Å². The summed E-state index contributed by atoms with van der Waals surface area (Å²) >= 11 is 1.41. The maximum atomic E-state index is 11.7. The van der Waals surface area contributed by atoms with Gasteiger partial charge in [-0.25, -0.2) is 0 Å². The van der Waals surface area contributed by atoms with Gasteiger partial charge < -0.3 is 9.73 Å². The first-order valence-electron chi connectivity index (χ1n) is 7.22. The molecule has 0 radical (unpaired) electrons. The lowest BCUT2D eigenvalue weighted by Crippen LogP contribution is -2.40. The fourth-order valence-electron chi connectivity index (χ4n) is 1.85. The molecule has 2 aromatic rings. The van der Waals surface area contributed by atoms with E-state index < -0.39 is 0 Å². The van der Waals surface area contributed by atoms with Gasteiger partial charge in [-0.2, -0.15) is 0 Å². The number of carbonyl (C=O) groups is 1. The summed E-state index contributed by atoms with van der Waals surface area (Å²) < 4.78 is 5.58. The van der Waals surface area contributed by atoms with Crippen LogP contribution in [0.15, 0.2) is 40.0 Å². The first-order valence-corrected chi connectivity index (χ1v) is 8.21. The molecule has 0 saturated carbocycles. The van der Waals surface area contributed by atoms with Crippen molar-refractivity contribution in [3.05, 3.63) is 41.8 Å². The molecule has 2 rings (SSSR count). The maximum Gasteiger partial charge on any atom is 0.276 e. The Morgan fingerprint density at radius 1 is 1.23 bits per heavy atom. The Balaban J connectivity index is 1.77. The topological polar surface area (TPSA) is 68.0 Å². The molecule has 0 spiro atoms. The second-order valence-corrected chi connectivity index (χ2v) is 7.07. The summed E-state index contributed by atoms with van der Waals surface area (Å²) in [7, 11) is 0. The second-order valence-electron chi connectivity index (χ2n) is 6.02. The Morgan fingerprint density at radius 3 is 2.64 bits per heavy atom. The average Bonchev–Trinajstić information content (AvgIpc) is 2.85. The van der Waals surface area contributed by atoms with Crippen molar-refractivity contribution in [1.29, 1.82) is 0 Å². The highest BCUT2D eigenvalue weighted by Gasteiger charge is 2.14. The molecule has 1 aromatic carbocycles. The number of hydrogen-bond donors (Lipinski definition) is 1. The lowest BCUT2D eigenvalue weighted by Gasteiger charge is -2.20. The van der Waals surface area contributed by atoms with E-state index in [4.69, 9.17) is 4.42 Å². The van der Waals surface area contributed by atoms with Gasteiger partial charge in [0.25, 0.3) is 5.22 Å². The molecule has 0 aliphatic heterocycles. The molecule has 0 fully saturated rings. The van der Waals surface area contributed by atoms with Gasteiger partial charge in [0.05, 0.1) is 6.42 Å². The van der Waals surface area contributed by atoms with Gasteiger partial charge in [-0.15, -0.1) is 10.2 Å². The number of carbonyl (C=O) groups excluding carboxylic acids is 1. The van der Waals surface area contributed by atoms with Crippen LogP contribution in [-0.2, 0) is 11.2 Å². The number of nitrogens with zero attached hydrogens (tertiary/aromatic N) is 2. The first-order chi connectivity index (χ1) is 10.4. The van der Waals surface area contributed by atoms with Crippen molar-refractivity contribution in [2.75, 3.05) is 5.75 Å². The number of benzene rings is 1. The van der Waals surface area contributed by atoms with Crippen molar-refractivity contribution < 1.29 is 9.21 Å². The summed E-state index contributed by atoms with van der Waals surface area (Å²) in [4.78, 5) is 11.7. The first kappa shape index (κ1) is 16.5. The Morgan fingerprint density at radius 2 is 1.95 bits per heavy atom. The Bertz CT molecular complexity index is 605. The zero-order valence-corrected chi connectivity index (χ0v) is 13.9. The zero-order chi connectivity index (χ0) is 16.0. The minimum atomic E-state index is -0.199. The van der Waals surface area contributed by atoms with E-state index >= 15 is 0 Å². The fraction of sp³-hybridized carbons (Fsp3) is 0.438. The van der Waals surface area contributed by atoms with Crippen LogP contribution in [0.2, 0.25) is 0 Å². The van der Waals surface area contributed by atoms with Crippen LogP contribution in [0.5, 0.6) is 0 Å². The van der Waals surface area contributed by atoms with Gasteiger partial charge in [0, 0.05) is 17.7 Å². The highest BCUT2D eigenvalue weighted by molar-refractivity contribution is 7.99. The van der Waals surface area contributed by atoms with Crippen molar-refractivity contribution in [2.24, 2.45) is 0 Å². The summed E-state index contributed by atoms with van der Waals surface area (Å²) in [5.74, 6) is 1.24. The normalized spacial score (nSPS) is 11.4. The summed E-state index contributed by atoms with van der Waals surface area (Å²) in [5.41, 5.74) is 0.932. The predicted molar refractivity (Wildman–Crippen MR) is 86.8 cm³/mol. The largest absolute Gasteiger partial charge is 0.416 e. The molecule has 22 heavy (non-hydrogen) atoms. The van der Waals surface area contributed by atoms with E-state index in [0.29, 0.717) is 29.7 Å². The van der Waals surface area contributed by atoms with Gasteiger partial charge in [0.1, 0.15) is 0 Å². The SMILES string of the molecule is CC(C)(C)NC(=O)CCSc1nnc(Cc2ccccc2)o1. The molecule has 0 aliphatic rings. The number of rotatable bonds is 6. The Hall–Kier alpha value is -1.82. The number of hydrogen-bond acceptors (Lipinski definition) is 5. The smallest absolute Gasteiger partial charge is 0.276 e. The molecule has 5 nitrogen and oxygen atoms in total. The van der Waals surface area contributed by atoms with Crippen molar-refractivity contribution in [3.8, 4) is 0 Å². The number of nitrogens with one attached hydrogen (secondary N) is 1. The van der Waals surface area contributed by atoms with Crippen LogP contribution in [0.1, 0.15) is 38.6 Å². The maximum absolute atomic E-state index is 11.7. The molecule has 1 heterocycles. The summed E-state index contributed by atoms with van der Waals surface area (Å²) in [6.07, 6.45) is 1.05. The number of amides is 1. The number of thioether (sulfide) groups is 1. The predicted octanol–water partition coefficient (Wildman–Crippen LogP) is 3.06. The van der Waals surface area contributed by atoms with E-state index in [0.717, 1.165) is 5.56 Å². The summed E-state index contributed by atoms with van der Waals surface area (Å²) in [6.45, 7) is 5.89. The monoisotopic (exact) mass is 319 g/mol. The van der Waals surface area contributed by atoms with E-state index in [2.05, 4.69) is 15.5 Å². The molecule has 118 valence electrons. The fourth-order valence-corrected chi connectivity index (χ4v) is 2.57. The van der Waals surface area contributed by atoms with Crippen LogP contribution in [0.4, 0.5) is 0 Å². The number of aromatic nitrogens is 2. The third-order valence-corrected chi connectivity index (χ3v) is 3.54. The van der Waals surface area contributed by atoms with Crippen molar-refractivity contribution in [2.45, 2.75) is 44.4 Å². The van der Waals surface area contributed by atoms with Gasteiger partial charge >= 0.3 is 0 Å². The summed E-state index contributed by atoms with van der Waals surface area (Å²) in [5, 5.41) is 11.5. The summed E-state index contributed by atoms with van der Waals surface area (Å²) in [6, 6.07) is 9.98. The van der Waals surface area contributed by atoms with Crippen molar-refractivity contribution in [1.82, 2.24) is 15.5 Å². The molecule has 1 N–H and O–H groups in total.